The van der Waals surface area contributed by atoms with Gasteiger partial charge in [0.05, 0.1) is 12.2 Å². The van der Waals surface area contributed by atoms with Gasteiger partial charge in [0.2, 0.25) is 17.7 Å². The lowest BCUT2D eigenvalue weighted by atomic mass is 9.78. The molecule has 0 saturated heterocycles. The van der Waals surface area contributed by atoms with Crippen molar-refractivity contribution in [1.82, 2.24) is 21.3 Å². The van der Waals surface area contributed by atoms with Crippen molar-refractivity contribution in [3.05, 3.63) is 0 Å². The molecule has 5 rings (SSSR count). The quantitative estimate of drug-likeness (QED) is 0.256. The summed E-state index contributed by atoms with van der Waals surface area (Å²) in [6.45, 7) is 6.12. The Kier molecular flexibility index (Phi) is 13.2. The Labute approximate surface area is 283 Å². The van der Waals surface area contributed by atoms with Crippen molar-refractivity contribution in [2.75, 3.05) is 7.05 Å². The van der Waals surface area contributed by atoms with E-state index in [1.54, 1.807) is 6.92 Å². The minimum absolute atomic E-state index is 0.0203. The Morgan fingerprint density at radius 1 is 0.511 bits per heavy atom. The Hall–Kier alpha value is -2.00. The summed E-state index contributed by atoms with van der Waals surface area (Å²) in [5, 5.41) is 13.4. The highest BCUT2D eigenvalue weighted by Crippen LogP contribution is 2.34. The van der Waals surface area contributed by atoms with Crippen molar-refractivity contribution < 1.29 is 23.9 Å². The highest BCUT2D eigenvalue weighted by molar-refractivity contribution is 5.82. The molecule has 0 spiro atoms. The number of carbonyl (C=O) groups is 4. The van der Waals surface area contributed by atoms with E-state index in [1.165, 1.54) is 6.42 Å². The molecule has 0 aromatic heterocycles. The molecule has 5 fully saturated rings. The number of ether oxygens (including phenoxy) is 1. The van der Waals surface area contributed by atoms with Gasteiger partial charge in [-0.15, -0.1) is 0 Å². The zero-order valence-corrected chi connectivity index (χ0v) is 29.7. The van der Waals surface area contributed by atoms with Crippen LogP contribution in [-0.4, -0.2) is 66.9 Å². The van der Waals surface area contributed by atoms with Crippen LogP contribution in [0.4, 0.5) is 0 Å². The zero-order chi connectivity index (χ0) is 33.5. The molecule has 0 bridgehead atoms. The van der Waals surface area contributed by atoms with E-state index in [0.717, 1.165) is 103 Å². The fourth-order valence-electron chi connectivity index (χ4n) is 9.35. The van der Waals surface area contributed by atoms with Gasteiger partial charge < -0.3 is 26.0 Å². The molecule has 5 aliphatic rings. The van der Waals surface area contributed by atoms with Crippen molar-refractivity contribution in [3.8, 4) is 0 Å². The van der Waals surface area contributed by atoms with Crippen LogP contribution in [0.1, 0.15) is 136 Å². The third-order valence-corrected chi connectivity index (χ3v) is 12.9. The first kappa shape index (κ1) is 36.3. The Morgan fingerprint density at radius 2 is 0.979 bits per heavy atom. The molecule has 5 saturated carbocycles. The smallest absolute Gasteiger partial charge is 0.223 e. The van der Waals surface area contributed by atoms with E-state index in [1.807, 2.05) is 7.05 Å². The Balaban J connectivity index is 0.987. The van der Waals surface area contributed by atoms with Gasteiger partial charge in [-0.3, -0.25) is 19.2 Å². The topological polar surface area (TPSA) is 126 Å². The summed E-state index contributed by atoms with van der Waals surface area (Å²) in [7, 11) is 2.02. The second-order valence-electron chi connectivity index (χ2n) is 16.3. The van der Waals surface area contributed by atoms with E-state index in [4.69, 9.17) is 4.74 Å². The molecular weight excluding hydrogens is 592 g/mol. The third-order valence-electron chi connectivity index (χ3n) is 12.9. The molecule has 8 unspecified atom stereocenters. The summed E-state index contributed by atoms with van der Waals surface area (Å²) in [5.74, 6) is 1.67. The van der Waals surface area contributed by atoms with E-state index in [0.29, 0.717) is 24.3 Å². The van der Waals surface area contributed by atoms with E-state index in [9.17, 15) is 19.2 Å². The lowest BCUT2D eigenvalue weighted by Gasteiger charge is -2.38. The predicted molar refractivity (Wildman–Crippen MR) is 183 cm³/mol. The van der Waals surface area contributed by atoms with Gasteiger partial charge in [0.1, 0.15) is 5.78 Å². The summed E-state index contributed by atoms with van der Waals surface area (Å²) in [6.07, 6.45) is 17.0. The average Bonchev–Trinajstić information content (AvgIpc) is 3.07. The van der Waals surface area contributed by atoms with E-state index < -0.39 is 0 Å². The summed E-state index contributed by atoms with van der Waals surface area (Å²) >= 11 is 0. The molecule has 266 valence electrons. The van der Waals surface area contributed by atoms with E-state index in [-0.39, 0.29) is 77.5 Å². The molecule has 0 aliphatic heterocycles. The molecule has 9 nitrogen and oxygen atoms in total. The maximum absolute atomic E-state index is 13.4. The van der Waals surface area contributed by atoms with Gasteiger partial charge >= 0.3 is 0 Å². The number of hydrogen-bond donors (Lipinski definition) is 4. The van der Waals surface area contributed by atoms with Crippen molar-refractivity contribution in [2.45, 2.75) is 173 Å². The first-order valence-corrected chi connectivity index (χ1v) is 19.3. The fraction of sp³-hybridized carbons (Fsp3) is 0.895. The molecule has 9 heteroatoms. The van der Waals surface area contributed by atoms with Gasteiger partial charge in [-0.1, -0.05) is 20.3 Å². The molecular formula is C38H64N4O5. The molecule has 3 amide bonds. The number of nitrogens with one attached hydrogen (secondary N) is 4. The average molecular weight is 657 g/mol. The number of Topliss-reactive ketones (excluding diaryl/α,β-unsaturated/α-hetero) is 1. The van der Waals surface area contributed by atoms with Crippen LogP contribution in [0.3, 0.4) is 0 Å². The predicted octanol–water partition coefficient (Wildman–Crippen LogP) is 5.20. The van der Waals surface area contributed by atoms with E-state index >= 15 is 0 Å². The minimum Gasteiger partial charge on any atom is -0.375 e. The van der Waals surface area contributed by atoms with E-state index in [2.05, 4.69) is 35.1 Å². The normalized spacial score (nSPS) is 39.7. The van der Waals surface area contributed by atoms with Gasteiger partial charge in [-0.2, -0.15) is 0 Å². The lowest BCUT2D eigenvalue weighted by molar-refractivity contribution is -0.130. The first-order chi connectivity index (χ1) is 22.6. The fourth-order valence-corrected chi connectivity index (χ4v) is 9.35. The minimum atomic E-state index is -0.0705. The van der Waals surface area contributed by atoms with Gasteiger partial charge in [0.15, 0.2) is 0 Å². The third kappa shape index (κ3) is 10.0. The number of carbonyl (C=O) groups excluding carboxylic acids is 4. The maximum Gasteiger partial charge on any atom is 0.223 e. The van der Waals surface area contributed by atoms with Crippen LogP contribution in [0.5, 0.6) is 0 Å². The van der Waals surface area contributed by atoms with Gasteiger partial charge in [-0.25, -0.2) is 0 Å². The van der Waals surface area contributed by atoms with Gasteiger partial charge in [-0.05, 0) is 135 Å². The zero-order valence-electron chi connectivity index (χ0n) is 29.7. The lowest BCUT2D eigenvalue weighted by Crippen LogP contribution is -2.51. The van der Waals surface area contributed by atoms with Crippen LogP contribution < -0.4 is 21.3 Å². The second-order valence-corrected chi connectivity index (χ2v) is 16.3. The van der Waals surface area contributed by atoms with Crippen LogP contribution in [0.15, 0.2) is 0 Å². The number of hydrogen-bond acceptors (Lipinski definition) is 6. The molecule has 0 aromatic carbocycles. The first-order valence-electron chi connectivity index (χ1n) is 19.3. The van der Waals surface area contributed by atoms with Crippen LogP contribution >= 0.6 is 0 Å². The van der Waals surface area contributed by atoms with Crippen LogP contribution in [-0.2, 0) is 23.9 Å². The second kappa shape index (κ2) is 17.1. The van der Waals surface area contributed by atoms with Crippen LogP contribution in [0.2, 0.25) is 0 Å². The molecule has 8 atom stereocenters. The molecule has 47 heavy (non-hydrogen) atoms. The number of amides is 3. The largest absolute Gasteiger partial charge is 0.375 e. The van der Waals surface area contributed by atoms with Crippen LogP contribution in [0.25, 0.3) is 0 Å². The SMILES string of the molecule is CNC1CCC(C)C(NC(=O)C2CCC(OC3CCC(C(=O)NC4CC(NC(=O)C5CCCC(C(C)=O)C5)CCC4C)CC3)CC2)C1. The standard InChI is InChI=1S/C38H64N4O5/c1-23-8-14-30(39-4)21-34(23)41-36(44)26-10-16-32(17-11-26)47-33-18-12-27(13-19-33)37(45)42-35-22-31(15-9-24(35)2)40-38(46)29-7-5-6-28(20-29)25(3)43/h23-24,26-35,39H,5-22H2,1-4H3,(H,40,46)(H,41,44)(H,42,45). The molecule has 4 N–H and O–H groups in total. The molecule has 5 aliphatic carbocycles. The highest BCUT2D eigenvalue weighted by atomic mass is 16.5. The molecule has 0 heterocycles. The number of ketones is 1. The monoisotopic (exact) mass is 656 g/mol. The van der Waals surface area contributed by atoms with Gasteiger partial charge in [0, 0.05) is 47.8 Å². The summed E-state index contributed by atoms with van der Waals surface area (Å²) < 4.78 is 6.54. The maximum atomic E-state index is 13.4. The Bertz CT molecular complexity index is 1070. The highest BCUT2D eigenvalue weighted by Gasteiger charge is 2.37. The molecule has 0 radical (unpaired) electrons. The van der Waals surface area contributed by atoms with Crippen molar-refractivity contribution in [1.29, 1.82) is 0 Å². The number of rotatable bonds is 10. The summed E-state index contributed by atoms with van der Waals surface area (Å²) in [4.78, 5) is 51.4. The molecule has 0 aromatic rings. The van der Waals surface area contributed by atoms with Crippen molar-refractivity contribution in [3.63, 3.8) is 0 Å². The Morgan fingerprint density at radius 3 is 1.49 bits per heavy atom. The van der Waals surface area contributed by atoms with Crippen molar-refractivity contribution >= 4 is 23.5 Å². The van der Waals surface area contributed by atoms with Crippen molar-refractivity contribution in [2.24, 2.45) is 35.5 Å². The van der Waals surface area contributed by atoms with Gasteiger partial charge in [0.25, 0.3) is 0 Å². The summed E-state index contributed by atoms with van der Waals surface area (Å²) in [5.41, 5.74) is 0. The van der Waals surface area contributed by atoms with Crippen LogP contribution in [0, 0.1) is 35.5 Å². The summed E-state index contributed by atoms with van der Waals surface area (Å²) in [6, 6.07) is 0.922.